The molecule has 0 radical (unpaired) electrons. The molecule has 4 nitrogen and oxygen atoms in total. The van der Waals surface area contributed by atoms with Crippen molar-refractivity contribution in [2.75, 3.05) is 14.2 Å². The highest BCUT2D eigenvalue weighted by molar-refractivity contribution is 5.74. The molecular weight excluding hydrogens is 244 g/mol. The third-order valence-electron chi connectivity index (χ3n) is 4.33. The van der Waals surface area contributed by atoms with E-state index in [1.807, 2.05) is 19.1 Å². The van der Waals surface area contributed by atoms with Crippen LogP contribution in [-0.2, 0) is 20.7 Å². The van der Waals surface area contributed by atoms with Crippen molar-refractivity contribution < 1.29 is 19.0 Å². The summed E-state index contributed by atoms with van der Waals surface area (Å²) in [5.74, 6) is 0.457. The van der Waals surface area contributed by atoms with E-state index in [1.54, 1.807) is 7.11 Å². The lowest BCUT2D eigenvalue weighted by Crippen LogP contribution is -2.40. The maximum atomic E-state index is 11.9. The molecule has 1 aromatic carbocycles. The molecule has 0 unspecified atom stereocenters. The summed E-state index contributed by atoms with van der Waals surface area (Å²) in [6.07, 6.45) is 1.39. The number of rotatable bonds is 2. The molecular formula is C15H18O4. The van der Waals surface area contributed by atoms with Crippen LogP contribution < -0.4 is 4.74 Å². The molecule has 102 valence electrons. The molecule has 0 saturated carbocycles. The maximum absolute atomic E-state index is 11.9. The van der Waals surface area contributed by atoms with Crippen LogP contribution in [0.3, 0.4) is 0 Å². The summed E-state index contributed by atoms with van der Waals surface area (Å²) in [6.45, 7) is 2.00. The second-order valence-corrected chi connectivity index (χ2v) is 5.47. The summed E-state index contributed by atoms with van der Waals surface area (Å²) in [5.41, 5.74) is 1.94. The van der Waals surface area contributed by atoms with Crippen LogP contribution in [0.4, 0.5) is 0 Å². The monoisotopic (exact) mass is 262 g/mol. The number of carbonyl (C=O) groups is 1. The van der Waals surface area contributed by atoms with Gasteiger partial charge in [-0.3, -0.25) is 4.79 Å². The van der Waals surface area contributed by atoms with Gasteiger partial charge in [0, 0.05) is 6.42 Å². The molecule has 0 aromatic heterocycles. The first-order valence-corrected chi connectivity index (χ1v) is 6.50. The highest BCUT2D eigenvalue weighted by Gasteiger charge is 2.53. The fraction of sp³-hybridized carbons (Fsp3) is 0.533. The Morgan fingerprint density at radius 1 is 1.42 bits per heavy atom. The molecule has 2 aliphatic rings. The maximum Gasteiger partial charge on any atom is 0.311 e. The molecule has 0 N–H and O–H groups in total. The fourth-order valence-electron chi connectivity index (χ4n) is 3.30. The van der Waals surface area contributed by atoms with Gasteiger partial charge in [-0.05, 0) is 36.6 Å². The SMILES string of the molecule is COC(=O)[C@@H]1C[C@H]2O[C@]1(C)Cc1ccc(OC)cc12. The molecule has 2 bridgehead atoms. The topological polar surface area (TPSA) is 44.8 Å². The van der Waals surface area contributed by atoms with Gasteiger partial charge in [-0.25, -0.2) is 0 Å². The normalized spacial score (nSPS) is 31.7. The molecule has 1 fully saturated rings. The van der Waals surface area contributed by atoms with Crippen molar-refractivity contribution in [3.63, 3.8) is 0 Å². The van der Waals surface area contributed by atoms with Crippen molar-refractivity contribution in [3.05, 3.63) is 29.3 Å². The Bertz CT molecular complexity index is 525. The van der Waals surface area contributed by atoms with Crippen molar-refractivity contribution in [2.45, 2.75) is 31.5 Å². The summed E-state index contributed by atoms with van der Waals surface area (Å²) >= 11 is 0. The number of ether oxygens (including phenoxy) is 3. The summed E-state index contributed by atoms with van der Waals surface area (Å²) < 4.78 is 16.3. The van der Waals surface area contributed by atoms with Crippen LogP contribution in [0.15, 0.2) is 18.2 Å². The van der Waals surface area contributed by atoms with E-state index in [4.69, 9.17) is 14.2 Å². The molecule has 2 aliphatic heterocycles. The fourth-order valence-corrected chi connectivity index (χ4v) is 3.30. The van der Waals surface area contributed by atoms with Gasteiger partial charge in [0.25, 0.3) is 0 Å². The predicted molar refractivity (Wildman–Crippen MR) is 69.1 cm³/mol. The molecule has 2 heterocycles. The Morgan fingerprint density at radius 3 is 2.89 bits per heavy atom. The highest BCUT2D eigenvalue weighted by Crippen LogP contribution is 2.51. The van der Waals surface area contributed by atoms with E-state index in [1.165, 1.54) is 12.7 Å². The first-order chi connectivity index (χ1) is 9.07. The minimum atomic E-state index is -0.445. The van der Waals surface area contributed by atoms with E-state index < -0.39 is 5.60 Å². The molecule has 1 aromatic rings. The number of benzene rings is 1. The van der Waals surface area contributed by atoms with Crippen LogP contribution in [0.25, 0.3) is 0 Å². The number of esters is 1. The van der Waals surface area contributed by atoms with E-state index in [0.29, 0.717) is 6.42 Å². The zero-order valence-corrected chi connectivity index (χ0v) is 11.4. The molecule has 0 amide bonds. The third kappa shape index (κ3) is 1.82. The van der Waals surface area contributed by atoms with E-state index in [0.717, 1.165) is 17.7 Å². The van der Waals surface area contributed by atoms with Crippen LogP contribution in [0, 0.1) is 5.92 Å². The molecule has 4 heteroatoms. The van der Waals surface area contributed by atoms with Gasteiger partial charge in [-0.1, -0.05) is 6.07 Å². The number of fused-ring (bicyclic) bond motifs is 4. The lowest BCUT2D eigenvalue weighted by molar-refractivity contribution is -0.152. The Balaban J connectivity index is 1.99. The molecule has 3 atom stereocenters. The number of hydrogen-bond donors (Lipinski definition) is 0. The average Bonchev–Trinajstić information content (AvgIpc) is 2.70. The zero-order chi connectivity index (χ0) is 13.6. The summed E-state index contributed by atoms with van der Waals surface area (Å²) in [6, 6.07) is 6.04. The Hall–Kier alpha value is -1.55. The number of carbonyl (C=O) groups excluding carboxylic acids is 1. The van der Waals surface area contributed by atoms with Gasteiger partial charge in [0.2, 0.25) is 0 Å². The van der Waals surface area contributed by atoms with Crippen molar-refractivity contribution in [1.29, 1.82) is 0 Å². The van der Waals surface area contributed by atoms with Crippen molar-refractivity contribution >= 4 is 5.97 Å². The molecule has 3 rings (SSSR count). The van der Waals surface area contributed by atoms with E-state index in [-0.39, 0.29) is 18.0 Å². The van der Waals surface area contributed by atoms with Crippen molar-refractivity contribution in [3.8, 4) is 5.75 Å². The van der Waals surface area contributed by atoms with Crippen LogP contribution >= 0.6 is 0 Å². The lowest BCUT2D eigenvalue weighted by Gasteiger charge is -2.34. The van der Waals surface area contributed by atoms with Crippen molar-refractivity contribution in [1.82, 2.24) is 0 Å². The van der Waals surface area contributed by atoms with Gasteiger partial charge in [0.15, 0.2) is 0 Å². The summed E-state index contributed by atoms with van der Waals surface area (Å²) in [5, 5.41) is 0. The van der Waals surface area contributed by atoms with Gasteiger partial charge in [0.1, 0.15) is 5.75 Å². The van der Waals surface area contributed by atoms with Gasteiger partial charge >= 0.3 is 5.97 Å². The second-order valence-electron chi connectivity index (χ2n) is 5.47. The quantitative estimate of drug-likeness (QED) is 0.767. The third-order valence-corrected chi connectivity index (χ3v) is 4.33. The molecule has 19 heavy (non-hydrogen) atoms. The van der Waals surface area contributed by atoms with Gasteiger partial charge in [0.05, 0.1) is 31.8 Å². The molecule has 0 spiro atoms. The van der Waals surface area contributed by atoms with Crippen molar-refractivity contribution in [2.24, 2.45) is 5.92 Å². The minimum absolute atomic E-state index is 0.0343. The first kappa shape index (κ1) is 12.5. The van der Waals surface area contributed by atoms with Crippen LogP contribution in [0.1, 0.15) is 30.6 Å². The van der Waals surface area contributed by atoms with E-state index in [2.05, 4.69) is 6.07 Å². The van der Waals surface area contributed by atoms with E-state index in [9.17, 15) is 4.79 Å². The summed E-state index contributed by atoms with van der Waals surface area (Å²) in [4.78, 5) is 11.9. The Morgan fingerprint density at radius 2 is 2.21 bits per heavy atom. The van der Waals surface area contributed by atoms with E-state index >= 15 is 0 Å². The number of methoxy groups -OCH3 is 2. The van der Waals surface area contributed by atoms with Crippen LogP contribution in [0.5, 0.6) is 5.75 Å². The Labute approximate surface area is 112 Å². The predicted octanol–water partition coefficient (Wildman–Crippen LogP) is 2.26. The smallest absolute Gasteiger partial charge is 0.311 e. The standard InChI is InChI=1S/C15H18O4/c1-15-8-9-4-5-10(17-2)6-11(9)13(19-15)7-12(15)14(16)18-3/h4-6,12-13H,7-8H2,1-3H3/t12-,13+,15+/m0/s1. The lowest BCUT2D eigenvalue weighted by atomic mass is 9.85. The molecule has 0 aliphatic carbocycles. The Kier molecular flexibility index (Phi) is 2.78. The molecule has 1 saturated heterocycles. The zero-order valence-electron chi connectivity index (χ0n) is 11.4. The van der Waals surface area contributed by atoms with Gasteiger partial charge < -0.3 is 14.2 Å². The largest absolute Gasteiger partial charge is 0.497 e. The van der Waals surface area contributed by atoms with Crippen LogP contribution in [0.2, 0.25) is 0 Å². The van der Waals surface area contributed by atoms with Gasteiger partial charge in [-0.15, -0.1) is 0 Å². The van der Waals surface area contributed by atoms with Gasteiger partial charge in [-0.2, -0.15) is 0 Å². The minimum Gasteiger partial charge on any atom is -0.497 e. The van der Waals surface area contributed by atoms with Crippen LogP contribution in [-0.4, -0.2) is 25.8 Å². The number of hydrogen-bond acceptors (Lipinski definition) is 4. The summed E-state index contributed by atoms with van der Waals surface area (Å²) in [7, 11) is 3.09. The second kappa shape index (κ2) is 4.23. The average molecular weight is 262 g/mol. The highest BCUT2D eigenvalue weighted by atomic mass is 16.5. The first-order valence-electron chi connectivity index (χ1n) is 6.50.